The average molecular weight is 406 g/mol. The van der Waals surface area contributed by atoms with Crippen molar-refractivity contribution in [3.05, 3.63) is 45.9 Å². The molecular weight excluding hydrogens is 378 g/mol. The first-order valence-corrected chi connectivity index (χ1v) is 11.1. The van der Waals surface area contributed by atoms with Crippen molar-refractivity contribution in [1.29, 1.82) is 0 Å². The Hall–Kier alpha value is -1.14. The van der Waals surface area contributed by atoms with Crippen LogP contribution in [0.5, 0.6) is 0 Å². The second kappa shape index (κ2) is 8.48. The molecule has 2 fully saturated rings. The second-order valence-electron chi connectivity index (χ2n) is 7.81. The fourth-order valence-electron chi connectivity index (χ4n) is 4.26. The lowest BCUT2D eigenvalue weighted by molar-refractivity contribution is -0.0744. The Kier molecular flexibility index (Phi) is 6.02. The molecule has 2 aliphatic rings. The van der Waals surface area contributed by atoms with Gasteiger partial charge in [-0.2, -0.15) is 0 Å². The highest BCUT2D eigenvalue weighted by Crippen LogP contribution is 2.29. The quantitative estimate of drug-likeness (QED) is 0.753. The molecule has 0 bridgehead atoms. The summed E-state index contributed by atoms with van der Waals surface area (Å²) in [5, 5.41) is 4.13. The van der Waals surface area contributed by atoms with Gasteiger partial charge in [0, 0.05) is 42.1 Å². The number of rotatable bonds is 4. The van der Waals surface area contributed by atoms with Crippen molar-refractivity contribution in [2.24, 2.45) is 0 Å². The van der Waals surface area contributed by atoms with Crippen molar-refractivity contribution < 1.29 is 4.74 Å². The largest absolute Gasteiger partial charge is 0.376 e. The molecule has 27 heavy (non-hydrogen) atoms. The molecule has 1 aromatic heterocycles. The minimum Gasteiger partial charge on any atom is -0.376 e. The molecule has 0 radical (unpaired) electrons. The van der Waals surface area contributed by atoms with Gasteiger partial charge in [0.2, 0.25) is 0 Å². The SMILES string of the molecule is Cc1csc(N2CCC(N3C[C@H](C)OC[C@@H]3Cc3ccc(Cl)cc3)CC2)n1. The standard InChI is InChI=1S/C21H28ClN3OS/c1-15-14-27-21(23-15)24-9-7-19(8-10-24)25-12-16(2)26-13-20(25)11-17-3-5-18(22)6-4-17/h3-6,14,16,19-20H,7-13H2,1-2H3/t16-,20-/m0/s1. The number of halogens is 1. The van der Waals surface area contributed by atoms with E-state index in [0.717, 1.165) is 43.4 Å². The van der Waals surface area contributed by atoms with E-state index in [9.17, 15) is 0 Å². The van der Waals surface area contributed by atoms with Crippen LogP contribution in [0.1, 0.15) is 31.0 Å². The number of aromatic nitrogens is 1. The van der Waals surface area contributed by atoms with Crippen molar-refractivity contribution in [3.8, 4) is 0 Å². The van der Waals surface area contributed by atoms with Crippen LogP contribution in [-0.2, 0) is 11.2 Å². The highest BCUT2D eigenvalue weighted by Gasteiger charge is 2.34. The number of benzene rings is 1. The highest BCUT2D eigenvalue weighted by molar-refractivity contribution is 7.13. The maximum absolute atomic E-state index is 6.05. The Morgan fingerprint density at radius 3 is 2.63 bits per heavy atom. The van der Waals surface area contributed by atoms with Crippen LogP contribution in [-0.4, -0.2) is 54.3 Å². The van der Waals surface area contributed by atoms with Gasteiger partial charge in [-0.1, -0.05) is 23.7 Å². The monoisotopic (exact) mass is 405 g/mol. The molecule has 0 N–H and O–H groups in total. The summed E-state index contributed by atoms with van der Waals surface area (Å²) in [4.78, 5) is 9.83. The Bertz CT molecular complexity index is 742. The van der Waals surface area contributed by atoms with Crippen LogP contribution in [0.25, 0.3) is 0 Å². The molecule has 0 spiro atoms. The lowest BCUT2D eigenvalue weighted by Crippen LogP contribution is -2.56. The molecule has 4 nitrogen and oxygen atoms in total. The van der Waals surface area contributed by atoms with Crippen LogP contribution in [0.2, 0.25) is 5.02 Å². The fourth-order valence-corrected chi connectivity index (χ4v) is 5.24. The number of anilines is 1. The van der Waals surface area contributed by atoms with Crippen molar-refractivity contribution in [2.45, 2.75) is 51.3 Å². The van der Waals surface area contributed by atoms with E-state index >= 15 is 0 Å². The number of thiazole rings is 1. The number of hydrogen-bond donors (Lipinski definition) is 0. The van der Waals surface area contributed by atoms with Gasteiger partial charge in [0.1, 0.15) is 0 Å². The Morgan fingerprint density at radius 2 is 1.96 bits per heavy atom. The van der Waals surface area contributed by atoms with Gasteiger partial charge in [-0.15, -0.1) is 11.3 Å². The van der Waals surface area contributed by atoms with E-state index in [-0.39, 0.29) is 0 Å². The van der Waals surface area contributed by atoms with Crippen LogP contribution >= 0.6 is 22.9 Å². The number of hydrogen-bond acceptors (Lipinski definition) is 5. The summed E-state index contributed by atoms with van der Waals surface area (Å²) in [5.74, 6) is 0. The van der Waals surface area contributed by atoms with Crippen LogP contribution in [0, 0.1) is 6.92 Å². The molecule has 0 unspecified atom stereocenters. The van der Waals surface area contributed by atoms with Gasteiger partial charge in [0.05, 0.1) is 18.4 Å². The van der Waals surface area contributed by atoms with Crippen LogP contribution in [0.15, 0.2) is 29.6 Å². The normalized spacial score (nSPS) is 25.1. The summed E-state index contributed by atoms with van der Waals surface area (Å²) in [6, 6.07) is 9.34. The Balaban J connectivity index is 1.41. The third kappa shape index (κ3) is 4.65. The average Bonchev–Trinajstić information content (AvgIpc) is 3.11. The van der Waals surface area contributed by atoms with Gasteiger partial charge in [0.15, 0.2) is 5.13 Å². The van der Waals surface area contributed by atoms with Gasteiger partial charge in [-0.3, -0.25) is 4.90 Å². The van der Waals surface area contributed by atoms with Gasteiger partial charge < -0.3 is 9.64 Å². The number of nitrogens with zero attached hydrogens (tertiary/aromatic N) is 3. The smallest absolute Gasteiger partial charge is 0.185 e. The molecule has 2 aromatic rings. The molecular formula is C21H28ClN3OS. The van der Waals surface area contributed by atoms with Gasteiger partial charge in [-0.25, -0.2) is 4.98 Å². The van der Waals surface area contributed by atoms with Crippen molar-refractivity contribution in [2.75, 3.05) is 31.1 Å². The lowest BCUT2D eigenvalue weighted by atomic mass is 9.96. The maximum Gasteiger partial charge on any atom is 0.185 e. The number of aryl methyl sites for hydroxylation is 1. The van der Waals surface area contributed by atoms with Crippen LogP contribution in [0.4, 0.5) is 5.13 Å². The van der Waals surface area contributed by atoms with Crippen molar-refractivity contribution in [1.82, 2.24) is 9.88 Å². The maximum atomic E-state index is 6.05. The van der Waals surface area contributed by atoms with Crippen LogP contribution in [0.3, 0.4) is 0 Å². The lowest BCUT2D eigenvalue weighted by Gasteiger charge is -2.46. The summed E-state index contributed by atoms with van der Waals surface area (Å²) in [7, 11) is 0. The first-order valence-electron chi connectivity index (χ1n) is 9.87. The summed E-state index contributed by atoms with van der Waals surface area (Å²) in [6.07, 6.45) is 3.73. The van der Waals surface area contributed by atoms with E-state index in [2.05, 4.69) is 46.1 Å². The van der Waals surface area contributed by atoms with Crippen LogP contribution < -0.4 is 4.90 Å². The first-order chi connectivity index (χ1) is 13.1. The van der Waals surface area contributed by atoms with Crippen molar-refractivity contribution >= 4 is 28.1 Å². The molecule has 4 rings (SSSR count). The molecule has 3 heterocycles. The molecule has 6 heteroatoms. The van der Waals surface area contributed by atoms with E-state index in [1.807, 2.05) is 12.1 Å². The number of morpholine rings is 1. The zero-order valence-electron chi connectivity index (χ0n) is 16.1. The summed E-state index contributed by atoms with van der Waals surface area (Å²) in [5.41, 5.74) is 2.46. The summed E-state index contributed by atoms with van der Waals surface area (Å²) in [6.45, 7) is 8.30. The van der Waals surface area contributed by atoms with Gasteiger partial charge in [0.25, 0.3) is 0 Å². The van der Waals surface area contributed by atoms with E-state index < -0.39 is 0 Å². The molecule has 0 amide bonds. The second-order valence-corrected chi connectivity index (χ2v) is 9.09. The molecule has 0 saturated carbocycles. The molecule has 2 atom stereocenters. The Labute approximate surface area is 171 Å². The minimum atomic E-state index is 0.311. The molecule has 2 aliphatic heterocycles. The minimum absolute atomic E-state index is 0.311. The number of ether oxygens (including phenoxy) is 1. The fraction of sp³-hybridized carbons (Fsp3) is 0.571. The van der Waals surface area contributed by atoms with Crippen molar-refractivity contribution in [3.63, 3.8) is 0 Å². The van der Waals surface area contributed by atoms with E-state index in [1.54, 1.807) is 11.3 Å². The highest BCUT2D eigenvalue weighted by atomic mass is 35.5. The molecule has 2 saturated heterocycles. The van der Waals surface area contributed by atoms with Gasteiger partial charge >= 0.3 is 0 Å². The van der Waals surface area contributed by atoms with E-state index in [4.69, 9.17) is 16.3 Å². The third-order valence-corrected chi connectivity index (χ3v) is 6.98. The predicted octanol–water partition coefficient (Wildman–Crippen LogP) is 4.41. The molecule has 0 aliphatic carbocycles. The number of piperidine rings is 1. The first kappa shape index (κ1) is 19.2. The summed E-state index contributed by atoms with van der Waals surface area (Å²) >= 11 is 7.81. The van der Waals surface area contributed by atoms with Gasteiger partial charge in [-0.05, 0) is 50.8 Å². The van der Waals surface area contributed by atoms with E-state index in [0.29, 0.717) is 18.2 Å². The zero-order chi connectivity index (χ0) is 18.8. The molecule has 146 valence electrons. The Morgan fingerprint density at radius 1 is 1.22 bits per heavy atom. The topological polar surface area (TPSA) is 28.6 Å². The predicted molar refractivity (Wildman–Crippen MR) is 113 cm³/mol. The third-order valence-electron chi connectivity index (χ3n) is 5.71. The summed E-state index contributed by atoms with van der Waals surface area (Å²) < 4.78 is 6.01. The molecule has 1 aromatic carbocycles. The van der Waals surface area contributed by atoms with E-state index in [1.165, 1.54) is 23.5 Å². The zero-order valence-corrected chi connectivity index (χ0v) is 17.7.